The van der Waals surface area contributed by atoms with Crippen LogP contribution in [0.15, 0.2) is 18.2 Å². The van der Waals surface area contributed by atoms with Gasteiger partial charge in [-0.05, 0) is 23.5 Å². The quantitative estimate of drug-likeness (QED) is 0.234. The van der Waals surface area contributed by atoms with E-state index in [0.717, 1.165) is 12.1 Å². The smallest absolute Gasteiger partial charge is 0.352 e. The summed E-state index contributed by atoms with van der Waals surface area (Å²) in [6, 6.07) is 3.57. The zero-order valence-corrected chi connectivity index (χ0v) is 8.70. The van der Waals surface area contributed by atoms with Gasteiger partial charge in [0.05, 0.1) is 13.3 Å². The van der Waals surface area contributed by atoms with Gasteiger partial charge in [-0.3, -0.25) is 4.89 Å². The third kappa shape index (κ3) is 2.54. The number of nitrogens with two attached hydrogens (primary N) is 1. The van der Waals surface area contributed by atoms with E-state index in [2.05, 4.69) is 4.89 Å². The van der Waals surface area contributed by atoms with E-state index in [-0.39, 0.29) is 11.3 Å². The minimum atomic E-state index is -2.17. The Bertz CT molecular complexity index is 437. The first-order valence-corrected chi connectivity index (χ1v) is 4.51. The maximum atomic E-state index is 11.1. The summed E-state index contributed by atoms with van der Waals surface area (Å²) in [5.74, 6) is -3.36. The Morgan fingerprint density at radius 2 is 2.00 bits per heavy atom. The first kappa shape index (κ1) is 13.4. The topological polar surface area (TPSA) is 113 Å². The second kappa shape index (κ2) is 4.68. The first-order chi connectivity index (χ1) is 7.80. The molecule has 0 amide bonds. The molecule has 86 valence electrons. The van der Waals surface area contributed by atoms with Gasteiger partial charge in [0.15, 0.2) is 11.5 Å². The maximum Gasteiger partial charge on any atom is 0.352 e. The molecular weight excluding hydrogens is 224 g/mol. The summed E-state index contributed by atoms with van der Waals surface area (Å²) in [5.41, 5.74) is 3.43. The standard InChI is InChI=1S/C9H9B2NO5/c10-7(9(11,12)8(15)17-16)4-1-2-5(13)6(14)3-4/h1-3,7,13-14,16H,12H2/t7-,9+/m0/s1. The maximum absolute atomic E-state index is 11.1. The highest BCUT2D eigenvalue weighted by molar-refractivity contribution is 6.33. The van der Waals surface area contributed by atoms with Crippen LogP contribution < -0.4 is 5.73 Å². The van der Waals surface area contributed by atoms with Crippen LogP contribution in [-0.4, -0.2) is 42.6 Å². The number of carbonyl (C=O) groups is 1. The number of carbonyl (C=O) groups excluding carboxylic acids is 1. The van der Waals surface area contributed by atoms with Gasteiger partial charge < -0.3 is 15.9 Å². The molecule has 0 aliphatic heterocycles. The van der Waals surface area contributed by atoms with Crippen LogP contribution in [0, 0.1) is 0 Å². The summed E-state index contributed by atoms with van der Waals surface area (Å²) in [4.78, 5) is 14.5. The van der Waals surface area contributed by atoms with Gasteiger partial charge in [0.25, 0.3) is 0 Å². The largest absolute Gasteiger partial charge is 0.504 e. The van der Waals surface area contributed by atoms with Gasteiger partial charge in [-0.15, -0.1) is 0 Å². The van der Waals surface area contributed by atoms with E-state index >= 15 is 0 Å². The SMILES string of the molecule is [B][C@@H](c1ccc(O)c(O)c1)[C@@]([B])(N)C(=O)OO. The van der Waals surface area contributed by atoms with E-state index < -0.39 is 23.0 Å². The van der Waals surface area contributed by atoms with E-state index in [0.29, 0.717) is 0 Å². The Morgan fingerprint density at radius 1 is 1.41 bits per heavy atom. The van der Waals surface area contributed by atoms with Crippen LogP contribution in [0.5, 0.6) is 11.5 Å². The molecule has 6 nitrogen and oxygen atoms in total. The van der Waals surface area contributed by atoms with Crippen LogP contribution in [-0.2, 0) is 9.68 Å². The normalized spacial score (nSPS) is 15.9. The van der Waals surface area contributed by atoms with Gasteiger partial charge in [0.2, 0.25) is 0 Å². The number of hydrogen-bond acceptors (Lipinski definition) is 6. The lowest BCUT2D eigenvalue weighted by Crippen LogP contribution is -2.54. The van der Waals surface area contributed by atoms with Gasteiger partial charge in [-0.1, -0.05) is 6.07 Å². The third-order valence-electron chi connectivity index (χ3n) is 2.31. The van der Waals surface area contributed by atoms with Crippen molar-refractivity contribution in [2.45, 2.75) is 11.3 Å². The predicted octanol–water partition coefficient (Wildman–Crippen LogP) is -0.853. The number of rotatable bonds is 3. The lowest BCUT2D eigenvalue weighted by Gasteiger charge is -2.29. The lowest BCUT2D eigenvalue weighted by atomic mass is 9.58. The van der Waals surface area contributed by atoms with Crippen LogP contribution >= 0.6 is 0 Å². The van der Waals surface area contributed by atoms with Crippen LogP contribution in [0.2, 0.25) is 0 Å². The molecule has 0 aliphatic carbocycles. The molecule has 0 spiro atoms. The number of phenolic OH excluding ortho intramolecular Hbond substituents is 2. The molecule has 17 heavy (non-hydrogen) atoms. The number of aromatic hydroxyl groups is 2. The number of phenols is 2. The second-order valence-corrected chi connectivity index (χ2v) is 3.54. The number of benzene rings is 1. The molecule has 5 N–H and O–H groups in total. The molecule has 0 aromatic heterocycles. The predicted molar refractivity (Wildman–Crippen MR) is 59.7 cm³/mol. The van der Waals surface area contributed by atoms with Crippen molar-refractivity contribution in [1.29, 1.82) is 0 Å². The van der Waals surface area contributed by atoms with Crippen LogP contribution in [0.4, 0.5) is 0 Å². The highest BCUT2D eigenvalue weighted by atomic mass is 17.1. The summed E-state index contributed by atoms with van der Waals surface area (Å²) >= 11 is 0. The molecule has 1 rings (SSSR count). The van der Waals surface area contributed by atoms with Gasteiger partial charge in [0.1, 0.15) is 7.85 Å². The van der Waals surface area contributed by atoms with E-state index in [9.17, 15) is 9.90 Å². The van der Waals surface area contributed by atoms with Gasteiger partial charge in [0, 0.05) is 0 Å². The molecule has 0 saturated carbocycles. The van der Waals surface area contributed by atoms with Crippen molar-refractivity contribution >= 4 is 21.7 Å². The molecule has 0 unspecified atom stereocenters. The van der Waals surface area contributed by atoms with Crippen LogP contribution in [0.3, 0.4) is 0 Å². The monoisotopic (exact) mass is 233 g/mol. The number of hydrogen-bond donors (Lipinski definition) is 4. The molecule has 4 radical (unpaired) electrons. The summed E-state index contributed by atoms with van der Waals surface area (Å²) in [6.45, 7) is 0. The fourth-order valence-electron chi connectivity index (χ4n) is 1.22. The fourth-order valence-corrected chi connectivity index (χ4v) is 1.22. The summed E-state index contributed by atoms with van der Waals surface area (Å²) in [6.07, 6.45) is 0. The van der Waals surface area contributed by atoms with E-state index in [4.69, 9.17) is 31.8 Å². The van der Waals surface area contributed by atoms with Crippen molar-refractivity contribution in [1.82, 2.24) is 0 Å². The van der Waals surface area contributed by atoms with Crippen LogP contribution in [0.25, 0.3) is 0 Å². The van der Waals surface area contributed by atoms with Crippen molar-refractivity contribution in [2.24, 2.45) is 5.73 Å². The summed E-state index contributed by atoms with van der Waals surface area (Å²) in [7, 11) is 11.0. The molecule has 2 atom stereocenters. The average Bonchev–Trinajstić information content (AvgIpc) is 2.30. The Morgan fingerprint density at radius 3 is 2.47 bits per heavy atom. The van der Waals surface area contributed by atoms with Crippen molar-refractivity contribution in [3.63, 3.8) is 0 Å². The summed E-state index contributed by atoms with van der Waals surface area (Å²) < 4.78 is 0. The Hall–Kier alpha value is -1.66. The van der Waals surface area contributed by atoms with Crippen LogP contribution in [0.1, 0.15) is 11.4 Å². The second-order valence-electron chi connectivity index (χ2n) is 3.54. The molecule has 1 aromatic carbocycles. The third-order valence-corrected chi connectivity index (χ3v) is 2.31. The van der Waals surface area contributed by atoms with Crippen molar-refractivity contribution < 1.29 is 25.2 Å². The zero-order valence-electron chi connectivity index (χ0n) is 8.70. The molecule has 0 aliphatic rings. The lowest BCUT2D eigenvalue weighted by molar-refractivity contribution is -0.237. The minimum absolute atomic E-state index is 0.190. The highest BCUT2D eigenvalue weighted by Crippen LogP contribution is 2.30. The van der Waals surface area contributed by atoms with Crippen molar-refractivity contribution in [2.75, 3.05) is 0 Å². The molecule has 0 bridgehead atoms. The zero-order chi connectivity index (χ0) is 13.2. The minimum Gasteiger partial charge on any atom is -0.504 e. The average molecular weight is 233 g/mol. The van der Waals surface area contributed by atoms with E-state index in [1.165, 1.54) is 6.07 Å². The molecule has 0 saturated heterocycles. The Kier molecular flexibility index (Phi) is 3.69. The molecule has 0 fully saturated rings. The van der Waals surface area contributed by atoms with E-state index in [1.807, 2.05) is 0 Å². The highest BCUT2D eigenvalue weighted by Gasteiger charge is 2.36. The Balaban J connectivity index is 3.07. The molecule has 1 aromatic rings. The van der Waals surface area contributed by atoms with Crippen molar-refractivity contribution in [3.8, 4) is 11.5 Å². The van der Waals surface area contributed by atoms with Crippen molar-refractivity contribution in [3.05, 3.63) is 23.8 Å². The van der Waals surface area contributed by atoms with Gasteiger partial charge >= 0.3 is 5.97 Å². The molecule has 8 heteroatoms. The summed E-state index contributed by atoms with van der Waals surface area (Å²) in [5, 5.41) is 26.6. The fraction of sp³-hybridized carbons (Fsp3) is 0.222. The first-order valence-electron chi connectivity index (χ1n) is 4.51. The molecular formula is C9H9B2NO5. The Labute approximate surface area is 99.8 Å². The van der Waals surface area contributed by atoms with Gasteiger partial charge in [-0.2, -0.15) is 5.26 Å². The molecule has 0 heterocycles. The van der Waals surface area contributed by atoms with Gasteiger partial charge in [-0.25, -0.2) is 4.79 Å². The van der Waals surface area contributed by atoms with E-state index in [1.54, 1.807) is 0 Å².